The van der Waals surface area contributed by atoms with Gasteiger partial charge in [0.15, 0.2) is 5.78 Å². The molecule has 0 aliphatic carbocycles. The van der Waals surface area contributed by atoms with Gasteiger partial charge in [-0.1, -0.05) is 0 Å². The van der Waals surface area contributed by atoms with E-state index in [-0.39, 0.29) is 23.7 Å². The molecular weight excluding hydrogens is 463 g/mol. The number of aromatic nitrogens is 1. The van der Waals surface area contributed by atoms with Gasteiger partial charge < -0.3 is 14.0 Å². The highest BCUT2D eigenvalue weighted by Crippen LogP contribution is 2.25. The Morgan fingerprint density at radius 2 is 1.71 bits per heavy atom. The smallest absolute Gasteiger partial charge is 0.355 e. The summed E-state index contributed by atoms with van der Waals surface area (Å²) in [5, 5.41) is 0. The average Bonchev–Trinajstić information content (AvgIpc) is 3.05. The summed E-state index contributed by atoms with van der Waals surface area (Å²) >= 11 is 0. The highest BCUT2D eigenvalue weighted by molar-refractivity contribution is 7.89. The van der Waals surface area contributed by atoms with E-state index < -0.39 is 34.1 Å². The van der Waals surface area contributed by atoms with Gasteiger partial charge in [-0.05, 0) is 70.9 Å². The largest absolute Gasteiger partial charge is 0.461 e. The zero-order valence-electron chi connectivity index (χ0n) is 20.4. The Hall–Kier alpha value is -2.56. The molecule has 0 aliphatic rings. The molecule has 1 aromatic carbocycles. The molecule has 34 heavy (non-hydrogen) atoms. The van der Waals surface area contributed by atoms with E-state index in [0.717, 1.165) is 16.4 Å². The minimum atomic E-state index is -4.08. The summed E-state index contributed by atoms with van der Waals surface area (Å²) in [6, 6.07) is 4.48. The number of hydrogen-bond donors (Lipinski definition) is 0. The molecule has 1 heterocycles. The van der Waals surface area contributed by atoms with E-state index >= 15 is 0 Å². The highest BCUT2D eigenvalue weighted by Gasteiger charge is 2.31. The van der Waals surface area contributed by atoms with E-state index in [2.05, 4.69) is 0 Å². The third-order valence-electron chi connectivity index (χ3n) is 5.50. The number of nitrogens with zero attached hydrogens (tertiary/aromatic N) is 2. The Labute approximate surface area is 200 Å². The fraction of sp³-hybridized carbons (Fsp3) is 0.500. The number of sulfonamides is 1. The van der Waals surface area contributed by atoms with Crippen LogP contribution in [0.25, 0.3) is 0 Å². The predicted molar refractivity (Wildman–Crippen MR) is 126 cm³/mol. The first-order valence-corrected chi connectivity index (χ1v) is 12.8. The maximum absolute atomic E-state index is 13.4. The molecule has 0 bridgehead atoms. The number of carbonyl (C=O) groups is 2. The molecule has 0 saturated carbocycles. The second kappa shape index (κ2) is 12.2. The monoisotopic (exact) mass is 496 g/mol. The molecule has 2 rings (SSSR count). The van der Waals surface area contributed by atoms with E-state index in [0.29, 0.717) is 43.0 Å². The van der Waals surface area contributed by atoms with Crippen molar-refractivity contribution in [2.24, 2.45) is 0 Å². The van der Waals surface area contributed by atoms with Crippen LogP contribution in [0, 0.1) is 19.7 Å². The zero-order chi connectivity index (χ0) is 25.5. The summed E-state index contributed by atoms with van der Waals surface area (Å²) < 4.78 is 53.2. The summed E-state index contributed by atoms with van der Waals surface area (Å²) in [7, 11) is -4.08. The lowest BCUT2D eigenvalue weighted by atomic mass is 10.1. The van der Waals surface area contributed by atoms with Crippen LogP contribution in [0.15, 0.2) is 29.2 Å². The van der Waals surface area contributed by atoms with Crippen LogP contribution in [0.1, 0.15) is 59.3 Å². The third kappa shape index (κ3) is 6.11. The molecule has 0 spiro atoms. The normalized spacial score (nSPS) is 11.7. The number of Topliss-reactive ketones (excluding diaryl/α,β-unsaturated/α-hetero) is 1. The molecular formula is C24H33FN2O6S. The van der Waals surface area contributed by atoms with Crippen molar-refractivity contribution < 1.29 is 31.9 Å². The summed E-state index contributed by atoms with van der Waals surface area (Å²) in [4.78, 5) is 25.8. The van der Waals surface area contributed by atoms with Crippen LogP contribution < -0.4 is 0 Å². The van der Waals surface area contributed by atoms with Gasteiger partial charge in [-0.25, -0.2) is 17.6 Å². The van der Waals surface area contributed by atoms with E-state index in [9.17, 15) is 22.4 Å². The van der Waals surface area contributed by atoms with E-state index in [4.69, 9.17) is 9.47 Å². The van der Waals surface area contributed by atoms with Crippen molar-refractivity contribution in [3.05, 3.63) is 52.6 Å². The summed E-state index contributed by atoms with van der Waals surface area (Å²) in [5.74, 6) is -1.53. The first kappa shape index (κ1) is 27.7. The lowest BCUT2D eigenvalue weighted by molar-refractivity contribution is 0.0512. The van der Waals surface area contributed by atoms with Crippen molar-refractivity contribution in [1.82, 2.24) is 8.87 Å². The molecule has 1 aromatic heterocycles. The Morgan fingerprint density at radius 1 is 1.06 bits per heavy atom. The molecule has 0 amide bonds. The number of rotatable bonds is 13. The number of ketones is 1. The minimum Gasteiger partial charge on any atom is -0.461 e. The number of benzene rings is 1. The first-order valence-electron chi connectivity index (χ1n) is 11.3. The van der Waals surface area contributed by atoms with Gasteiger partial charge in [0, 0.05) is 37.6 Å². The number of hydrogen-bond acceptors (Lipinski definition) is 6. The molecule has 2 aromatic rings. The molecule has 10 heteroatoms. The number of esters is 1. The summed E-state index contributed by atoms with van der Waals surface area (Å²) in [6.07, 6.45) is 0.379. The number of halogens is 1. The average molecular weight is 497 g/mol. The van der Waals surface area contributed by atoms with Gasteiger partial charge >= 0.3 is 5.97 Å². The number of ether oxygens (including phenoxy) is 2. The molecule has 0 aliphatic heterocycles. The van der Waals surface area contributed by atoms with Crippen molar-refractivity contribution >= 4 is 21.8 Å². The maximum atomic E-state index is 13.4. The molecule has 0 fully saturated rings. The second-order valence-electron chi connectivity index (χ2n) is 7.66. The van der Waals surface area contributed by atoms with Crippen LogP contribution in [0.4, 0.5) is 4.39 Å². The van der Waals surface area contributed by atoms with Gasteiger partial charge in [0.05, 0.1) is 18.0 Å². The molecule has 0 N–H and O–H groups in total. The highest BCUT2D eigenvalue weighted by atomic mass is 32.2. The summed E-state index contributed by atoms with van der Waals surface area (Å²) in [5.41, 5.74) is 1.61. The van der Waals surface area contributed by atoms with Crippen LogP contribution in [0.5, 0.6) is 0 Å². The van der Waals surface area contributed by atoms with E-state index in [1.807, 2.05) is 13.8 Å². The fourth-order valence-corrected chi connectivity index (χ4v) is 5.36. The SMILES string of the molecule is CCOCCCN(CC(=O)c1c(C)c(C(=O)OCC)n(CC)c1C)S(=O)(=O)c1ccc(F)cc1. The van der Waals surface area contributed by atoms with Gasteiger partial charge in [0.1, 0.15) is 11.5 Å². The molecule has 0 radical (unpaired) electrons. The van der Waals surface area contributed by atoms with E-state index in [1.54, 1.807) is 25.3 Å². The van der Waals surface area contributed by atoms with Crippen LogP contribution in [0.3, 0.4) is 0 Å². The van der Waals surface area contributed by atoms with Crippen molar-refractivity contribution in [2.45, 2.75) is 52.5 Å². The lowest BCUT2D eigenvalue weighted by Crippen LogP contribution is -2.37. The maximum Gasteiger partial charge on any atom is 0.355 e. The van der Waals surface area contributed by atoms with Crippen LogP contribution in [-0.4, -0.2) is 62.0 Å². The van der Waals surface area contributed by atoms with Gasteiger partial charge in [-0.3, -0.25) is 4.79 Å². The van der Waals surface area contributed by atoms with Crippen molar-refractivity contribution in [3.8, 4) is 0 Å². The first-order chi connectivity index (χ1) is 16.1. The fourth-order valence-electron chi connectivity index (χ4n) is 3.93. The molecule has 0 saturated heterocycles. The van der Waals surface area contributed by atoms with Gasteiger partial charge in [0.25, 0.3) is 0 Å². The van der Waals surface area contributed by atoms with Crippen LogP contribution in [-0.2, 0) is 26.0 Å². The molecule has 0 unspecified atom stereocenters. The second-order valence-corrected chi connectivity index (χ2v) is 9.60. The Bertz CT molecular complexity index is 1110. The third-order valence-corrected chi connectivity index (χ3v) is 7.36. The van der Waals surface area contributed by atoms with E-state index in [1.165, 1.54) is 12.1 Å². The Kier molecular flexibility index (Phi) is 9.96. The van der Waals surface area contributed by atoms with Crippen LogP contribution in [0.2, 0.25) is 0 Å². The lowest BCUT2D eigenvalue weighted by Gasteiger charge is -2.22. The van der Waals surface area contributed by atoms with Gasteiger partial charge in [-0.2, -0.15) is 4.31 Å². The van der Waals surface area contributed by atoms with Crippen molar-refractivity contribution in [3.63, 3.8) is 0 Å². The topological polar surface area (TPSA) is 94.9 Å². The number of carbonyl (C=O) groups excluding carboxylic acids is 2. The summed E-state index contributed by atoms with van der Waals surface area (Å²) in [6.45, 7) is 9.84. The molecule has 188 valence electrons. The zero-order valence-corrected chi connectivity index (χ0v) is 21.2. The van der Waals surface area contributed by atoms with Crippen molar-refractivity contribution in [2.75, 3.05) is 32.9 Å². The minimum absolute atomic E-state index is 0.0444. The Balaban J connectivity index is 2.44. The van der Waals surface area contributed by atoms with Crippen molar-refractivity contribution in [1.29, 1.82) is 0 Å². The van der Waals surface area contributed by atoms with Gasteiger partial charge in [0.2, 0.25) is 10.0 Å². The predicted octanol–water partition coefficient (Wildman–Crippen LogP) is 3.74. The quantitative estimate of drug-likeness (QED) is 0.238. The molecule has 0 atom stereocenters. The Morgan fingerprint density at radius 3 is 2.26 bits per heavy atom. The van der Waals surface area contributed by atoms with Gasteiger partial charge in [-0.15, -0.1) is 0 Å². The standard InChI is InChI=1S/C24H33FN2O6S/c1-6-27-18(5)22(17(4)23(27)24(29)33-8-3)21(28)16-26(14-9-15-32-7-2)34(30,31)20-12-10-19(25)11-13-20/h10-13H,6-9,14-16H2,1-5H3. The van der Waals surface area contributed by atoms with Crippen LogP contribution >= 0.6 is 0 Å². The molecule has 8 nitrogen and oxygen atoms in total.